The molecule has 98 valence electrons. The second-order valence-corrected chi connectivity index (χ2v) is 4.32. The van der Waals surface area contributed by atoms with Crippen molar-refractivity contribution >= 4 is 18.0 Å². The number of carbonyl (C=O) groups is 2. The third kappa shape index (κ3) is 4.99. The van der Waals surface area contributed by atoms with Gasteiger partial charge in [0, 0.05) is 18.2 Å². The summed E-state index contributed by atoms with van der Waals surface area (Å²) < 4.78 is 0. The fourth-order valence-electron chi connectivity index (χ4n) is 1.68. The number of aryl methyl sites for hydroxylation is 1. The van der Waals surface area contributed by atoms with E-state index < -0.39 is 0 Å². The molecule has 0 fully saturated rings. The van der Waals surface area contributed by atoms with Crippen LogP contribution in [0.3, 0.4) is 0 Å². The lowest BCUT2D eigenvalue weighted by Crippen LogP contribution is -2.24. The summed E-state index contributed by atoms with van der Waals surface area (Å²) in [5.74, 6) is -0.236. The van der Waals surface area contributed by atoms with Gasteiger partial charge in [0.1, 0.15) is 0 Å². The number of rotatable bonds is 7. The molecule has 4 heteroatoms. The van der Waals surface area contributed by atoms with Gasteiger partial charge >= 0.3 is 0 Å². The van der Waals surface area contributed by atoms with Gasteiger partial charge in [-0.05, 0) is 37.5 Å². The van der Waals surface area contributed by atoms with Gasteiger partial charge in [0.25, 0.3) is 0 Å². The summed E-state index contributed by atoms with van der Waals surface area (Å²) in [6.45, 7) is 4.14. The average Bonchev–Trinajstić information content (AvgIpc) is 2.38. The van der Waals surface area contributed by atoms with Crippen molar-refractivity contribution in [2.75, 3.05) is 5.32 Å². The van der Waals surface area contributed by atoms with E-state index in [9.17, 15) is 9.59 Å². The van der Waals surface area contributed by atoms with Crippen molar-refractivity contribution < 1.29 is 9.59 Å². The van der Waals surface area contributed by atoms with Crippen molar-refractivity contribution in [1.29, 1.82) is 0 Å². The zero-order valence-corrected chi connectivity index (χ0v) is 10.9. The van der Waals surface area contributed by atoms with Crippen LogP contribution in [0.15, 0.2) is 24.3 Å². The van der Waals surface area contributed by atoms with Gasteiger partial charge in [0.05, 0.1) is 0 Å². The Bertz CT molecular complexity index is 387. The summed E-state index contributed by atoms with van der Waals surface area (Å²) in [7, 11) is 0. The van der Waals surface area contributed by atoms with Crippen LogP contribution in [0, 0.1) is 0 Å². The van der Waals surface area contributed by atoms with E-state index in [4.69, 9.17) is 0 Å². The minimum Gasteiger partial charge on any atom is -0.383 e. The maximum atomic E-state index is 11.1. The highest BCUT2D eigenvalue weighted by molar-refractivity contribution is 5.85. The molecular formula is C14H20N2O2. The molecule has 1 atom stereocenters. The molecule has 0 saturated carbocycles. The van der Waals surface area contributed by atoms with Crippen LogP contribution in [0.5, 0.6) is 0 Å². The molecule has 0 aromatic heterocycles. The highest BCUT2D eigenvalue weighted by Gasteiger charge is 2.06. The number of anilines is 1. The third-order valence-corrected chi connectivity index (χ3v) is 2.80. The van der Waals surface area contributed by atoms with Crippen LogP contribution < -0.4 is 10.6 Å². The van der Waals surface area contributed by atoms with Crippen LogP contribution in [0.2, 0.25) is 0 Å². The number of benzene rings is 1. The van der Waals surface area contributed by atoms with Crippen molar-refractivity contribution in [3.05, 3.63) is 29.8 Å². The number of hydrogen-bond donors (Lipinski definition) is 2. The van der Waals surface area contributed by atoms with Crippen LogP contribution >= 0.6 is 0 Å². The molecule has 1 aromatic rings. The number of carbonyl (C=O) groups excluding carboxylic acids is 2. The predicted molar refractivity (Wildman–Crippen MR) is 72.3 cm³/mol. The molecule has 0 bridgehead atoms. The van der Waals surface area contributed by atoms with E-state index in [0.717, 1.165) is 12.1 Å². The molecule has 0 aliphatic rings. The van der Waals surface area contributed by atoms with Crippen LogP contribution in [-0.4, -0.2) is 18.4 Å². The van der Waals surface area contributed by atoms with Gasteiger partial charge in [0.2, 0.25) is 12.3 Å². The summed E-state index contributed by atoms with van der Waals surface area (Å²) in [5.41, 5.74) is 2.36. The summed E-state index contributed by atoms with van der Waals surface area (Å²) >= 11 is 0. The lowest BCUT2D eigenvalue weighted by Gasteiger charge is -2.14. The Kier molecular flexibility index (Phi) is 5.91. The SMILES string of the molecule is CCc1ccc(NC(C)CCC(=O)NC=O)cc1. The first-order chi connectivity index (χ1) is 8.65. The lowest BCUT2D eigenvalue weighted by molar-refractivity contribution is -0.125. The van der Waals surface area contributed by atoms with Crippen molar-refractivity contribution in [3.63, 3.8) is 0 Å². The normalized spacial score (nSPS) is 11.7. The first-order valence-corrected chi connectivity index (χ1v) is 6.24. The highest BCUT2D eigenvalue weighted by Crippen LogP contribution is 2.12. The van der Waals surface area contributed by atoms with Crippen molar-refractivity contribution in [1.82, 2.24) is 5.32 Å². The van der Waals surface area contributed by atoms with Crippen molar-refractivity contribution in [2.24, 2.45) is 0 Å². The number of nitrogens with one attached hydrogen (secondary N) is 2. The quantitative estimate of drug-likeness (QED) is 0.726. The Labute approximate surface area is 108 Å². The second kappa shape index (κ2) is 7.48. The van der Waals surface area contributed by atoms with Gasteiger partial charge in [-0.3, -0.25) is 14.9 Å². The van der Waals surface area contributed by atoms with E-state index in [1.165, 1.54) is 5.56 Å². The minimum absolute atomic E-state index is 0.190. The second-order valence-electron chi connectivity index (χ2n) is 4.32. The maximum absolute atomic E-state index is 11.1. The maximum Gasteiger partial charge on any atom is 0.226 e. The zero-order chi connectivity index (χ0) is 13.4. The molecule has 1 rings (SSSR count). The molecule has 0 aliphatic heterocycles. The minimum atomic E-state index is -0.236. The zero-order valence-electron chi connectivity index (χ0n) is 10.9. The topological polar surface area (TPSA) is 58.2 Å². The molecule has 0 spiro atoms. The molecule has 0 aliphatic carbocycles. The summed E-state index contributed by atoms with van der Waals surface area (Å²) in [6.07, 6.45) is 2.49. The number of amides is 2. The third-order valence-electron chi connectivity index (χ3n) is 2.80. The molecule has 2 N–H and O–H groups in total. The van der Waals surface area contributed by atoms with Gasteiger partial charge in [-0.1, -0.05) is 19.1 Å². The number of hydrogen-bond acceptors (Lipinski definition) is 3. The van der Waals surface area contributed by atoms with Crippen LogP contribution in [-0.2, 0) is 16.0 Å². The van der Waals surface area contributed by atoms with E-state index in [1.54, 1.807) is 0 Å². The molecule has 1 unspecified atom stereocenters. The van der Waals surface area contributed by atoms with E-state index in [0.29, 0.717) is 19.3 Å². The average molecular weight is 248 g/mol. The van der Waals surface area contributed by atoms with Gasteiger partial charge in [0.15, 0.2) is 0 Å². The molecule has 0 radical (unpaired) electrons. The fraction of sp³-hybridized carbons (Fsp3) is 0.429. The molecule has 18 heavy (non-hydrogen) atoms. The monoisotopic (exact) mass is 248 g/mol. The van der Waals surface area contributed by atoms with Crippen molar-refractivity contribution in [3.8, 4) is 0 Å². The Morgan fingerprint density at radius 1 is 1.33 bits per heavy atom. The standard InChI is InChI=1S/C14H20N2O2/c1-3-12-5-7-13(8-6-12)16-11(2)4-9-14(18)15-10-17/h5-8,10-11,16H,3-4,9H2,1-2H3,(H,15,17,18). The molecule has 4 nitrogen and oxygen atoms in total. The van der Waals surface area contributed by atoms with Crippen LogP contribution in [0.4, 0.5) is 5.69 Å². The highest BCUT2D eigenvalue weighted by atomic mass is 16.2. The van der Waals surface area contributed by atoms with Gasteiger partial charge in [-0.25, -0.2) is 0 Å². The molecule has 2 amide bonds. The summed E-state index contributed by atoms with van der Waals surface area (Å²) in [6, 6.07) is 8.46. The van der Waals surface area contributed by atoms with Gasteiger partial charge in [-0.15, -0.1) is 0 Å². The largest absolute Gasteiger partial charge is 0.383 e. The predicted octanol–water partition coefficient (Wildman–Crippen LogP) is 2.10. The fourth-order valence-corrected chi connectivity index (χ4v) is 1.68. The lowest BCUT2D eigenvalue weighted by atomic mass is 10.1. The molecule has 0 heterocycles. The van der Waals surface area contributed by atoms with E-state index >= 15 is 0 Å². The smallest absolute Gasteiger partial charge is 0.226 e. The molecule has 1 aromatic carbocycles. The summed E-state index contributed by atoms with van der Waals surface area (Å²) in [5, 5.41) is 5.45. The first kappa shape index (κ1) is 14.2. The van der Waals surface area contributed by atoms with E-state index in [1.807, 2.05) is 19.1 Å². The Balaban J connectivity index is 2.36. The Hall–Kier alpha value is -1.84. The summed E-state index contributed by atoms with van der Waals surface area (Å²) in [4.78, 5) is 21.2. The van der Waals surface area contributed by atoms with E-state index in [-0.39, 0.29) is 11.9 Å². The Morgan fingerprint density at radius 2 is 2.00 bits per heavy atom. The van der Waals surface area contributed by atoms with Gasteiger partial charge < -0.3 is 5.32 Å². The van der Waals surface area contributed by atoms with Crippen LogP contribution in [0.25, 0.3) is 0 Å². The van der Waals surface area contributed by atoms with Crippen LogP contribution in [0.1, 0.15) is 32.3 Å². The van der Waals surface area contributed by atoms with E-state index in [2.05, 4.69) is 29.7 Å². The molecular weight excluding hydrogens is 228 g/mol. The number of imide groups is 1. The molecule has 0 saturated heterocycles. The Morgan fingerprint density at radius 3 is 2.56 bits per heavy atom. The van der Waals surface area contributed by atoms with Crippen molar-refractivity contribution in [2.45, 2.75) is 39.2 Å². The van der Waals surface area contributed by atoms with Gasteiger partial charge in [-0.2, -0.15) is 0 Å². The first-order valence-electron chi connectivity index (χ1n) is 6.24.